The Morgan fingerprint density at radius 2 is 2.29 bits per heavy atom. The van der Waals surface area contributed by atoms with E-state index in [1.807, 2.05) is 0 Å². The standard InChI is InChI=1S/C19H19N7O.ClH/c20-7-13-9-23-18-16(17(13)26-6-2-4-14(21)11-26)15(10-24-18)25-19(27)12-3-1-5-22-8-12;/h1,3,5,8-10,14H,2,4,6,11,21H2,(H,23,24)(H,25,27);1H/t14-;/m1./s1. The number of piperidine rings is 1. The van der Waals surface area contributed by atoms with Crippen LogP contribution in [0.2, 0.25) is 0 Å². The van der Waals surface area contributed by atoms with Crippen LogP contribution in [0.1, 0.15) is 28.8 Å². The fourth-order valence-electron chi connectivity index (χ4n) is 3.49. The number of fused-ring (bicyclic) bond motifs is 1. The van der Waals surface area contributed by atoms with Crippen LogP contribution >= 0.6 is 12.4 Å². The maximum atomic E-state index is 12.6. The number of aromatic nitrogens is 3. The number of carbonyl (C=O) groups excluding carboxylic acids is 1. The number of aromatic amines is 1. The van der Waals surface area contributed by atoms with Crippen LogP contribution in [0.15, 0.2) is 36.9 Å². The zero-order valence-electron chi connectivity index (χ0n) is 15.1. The molecule has 1 atom stereocenters. The Labute approximate surface area is 168 Å². The van der Waals surface area contributed by atoms with Crippen molar-refractivity contribution in [2.24, 2.45) is 5.73 Å². The molecule has 0 spiro atoms. The van der Waals surface area contributed by atoms with E-state index in [0.29, 0.717) is 29.0 Å². The number of hydrogen-bond donors (Lipinski definition) is 3. The van der Waals surface area contributed by atoms with E-state index in [4.69, 9.17) is 5.73 Å². The van der Waals surface area contributed by atoms with Crippen LogP contribution in [-0.2, 0) is 0 Å². The average Bonchev–Trinajstić information content (AvgIpc) is 3.10. The van der Waals surface area contributed by atoms with Crippen molar-refractivity contribution in [1.82, 2.24) is 15.0 Å². The van der Waals surface area contributed by atoms with E-state index in [0.717, 1.165) is 30.5 Å². The number of halogens is 1. The van der Waals surface area contributed by atoms with E-state index >= 15 is 0 Å². The summed E-state index contributed by atoms with van der Waals surface area (Å²) in [6, 6.07) is 5.68. The summed E-state index contributed by atoms with van der Waals surface area (Å²) in [7, 11) is 0. The van der Waals surface area contributed by atoms with Gasteiger partial charge < -0.3 is 20.9 Å². The van der Waals surface area contributed by atoms with Gasteiger partial charge in [-0.1, -0.05) is 0 Å². The Morgan fingerprint density at radius 3 is 3.00 bits per heavy atom. The fourth-order valence-corrected chi connectivity index (χ4v) is 3.49. The summed E-state index contributed by atoms with van der Waals surface area (Å²) in [5.74, 6) is -0.271. The van der Waals surface area contributed by atoms with Crippen LogP contribution in [-0.4, -0.2) is 40.0 Å². The van der Waals surface area contributed by atoms with Gasteiger partial charge in [0.2, 0.25) is 0 Å². The lowest BCUT2D eigenvalue weighted by Gasteiger charge is -2.33. The second-order valence-corrected chi connectivity index (χ2v) is 6.60. The molecule has 0 saturated carbocycles. The van der Waals surface area contributed by atoms with Gasteiger partial charge in [-0.25, -0.2) is 4.98 Å². The number of hydrogen-bond acceptors (Lipinski definition) is 6. The van der Waals surface area contributed by atoms with Crippen LogP contribution in [0.4, 0.5) is 11.4 Å². The SMILES string of the molecule is Cl.N#Cc1cnc2[nH]cc(NC(=O)c3cccnc3)c2c1N1CCC[C@@H](N)C1. The predicted molar refractivity (Wildman–Crippen MR) is 110 cm³/mol. The van der Waals surface area contributed by atoms with Gasteiger partial charge in [-0.2, -0.15) is 5.26 Å². The molecule has 144 valence electrons. The lowest BCUT2D eigenvalue weighted by atomic mass is 10.0. The molecule has 28 heavy (non-hydrogen) atoms. The van der Waals surface area contributed by atoms with Gasteiger partial charge in [0.05, 0.1) is 27.9 Å². The molecule has 1 fully saturated rings. The Kier molecular flexibility index (Phi) is 5.78. The molecule has 0 radical (unpaired) electrons. The lowest BCUT2D eigenvalue weighted by Crippen LogP contribution is -2.43. The van der Waals surface area contributed by atoms with E-state index < -0.39 is 0 Å². The maximum Gasteiger partial charge on any atom is 0.257 e. The van der Waals surface area contributed by atoms with Gasteiger partial charge in [0.15, 0.2) is 0 Å². The first-order valence-corrected chi connectivity index (χ1v) is 8.79. The fraction of sp³-hybridized carbons (Fsp3) is 0.263. The van der Waals surface area contributed by atoms with Gasteiger partial charge in [0, 0.05) is 43.9 Å². The van der Waals surface area contributed by atoms with Crippen LogP contribution in [0.3, 0.4) is 0 Å². The van der Waals surface area contributed by atoms with E-state index in [1.54, 1.807) is 30.7 Å². The van der Waals surface area contributed by atoms with E-state index in [9.17, 15) is 10.1 Å². The highest BCUT2D eigenvalue weighted by Crippen LogP contribution is 2.36. The molecule has 3 aromatic heterocycles. The number of nitriles is 1. The van der Waals surface area contributed by atoms with Gasteiger partial charge in [-0.05, 0) is 25.0 Å². The minimum Gasteiger partial charge on any atom is -0.368 e. The van der Waals surface area contributed by atoms with Crippen LogP contribution in [0, 0.1) is 11.3 Å². The largest absolute Gasteiger partial charge is 0.368 e. The molecular weight excluding hydrogens is 378 g/mol. The molecular formula is C19H20ClN7O. The van der Waals surface area contributed by atoms with E-state index in [-0.39, 0.29) is 24.4 Å². The summed E-state index contributed by atoms with van der Waals surface area (Å²) in [4.78, 5) is 26.1. The van der Waals surface area contributed by atoms with Crippen molar-refractivity contribution in [2.75, 3.05) is 23.3 Å². The highest BCUT2D eigenvalue weighted by Gasteiger charge is 2.24. The highest BCUT2D eigenvalue weighted by atomic mass is 35.5. The molecule has 4 N–H and O–H groups in total. The molecule has 8 nitrogen and oxygen atoms in total. The first kappa shape index (κ1) is 19.6. The molecule has 0 bridgehead atoms. The van der Waals surface area contributed by atoms with Crippen LogP contribution in [0.5, 0.6) is 0 Å². The van der Waals surface area contributed by atoms with Gasteiger partial charge >= 0.3 is 0 Å². The number of anilines is 2. The predicted octanol–water partition coefficient (Wildman–Crippen LogP) is 2.43. The third kappa shape index (κ3) is 3.63. The van der Waals surface area contributed by atoms with Crippen molar-refractivity contribution in [3.05, 3.63) is 48.0 Å². The number of nitrogens with zero attached hydrogens (tertiary/aromatic N) is 4. The summed E-state index contributed by atoms with van der Waals surface area (Å²) in [6.45, 7) is 1.47. The van der Waals surface area contributed by atoms with Crippen LogP contribution < -0.4 is 16.0 Å². The third-order valence-electron chi connectivity index (χ3n) is 4.74. The molecule has 1 aliphatic heterocycles. The van der Waals surface area contributed by atoms with Gasteiger partial charge in [0.1, 0.15) is 11.7 Å². The monoisotopic (exact) mass is 397 g/mol. The Balaban J connectivity index is 0.00000225. The number of pyridine rings is 2. The number of carbonyl (C=O) groups is 1. The Morgan fingerprint density at radius 1 is 1.43 bits per heavy atom. The van der Waals surface area contributed by atoms with Crippen molar-refractivity contribution in [2.45, 2.75) is 18.9 Å². The lowest BCUT2D eigenvalue weighted by molar-refractivity contribution is 0.102. The molecule has 9 heteroatoms. The molecule has 3 aromatic rings. The summed E-state index contributed by atoms with van der Waals surface area (Å²) >= 11 is 0. The van der Waals surface area contributed by atoms with Gasteiger partial charge in [-0.15, -0.1) is 12.4 Å². The molecule has 0 aliphatic carbocycles. The van der Waals surface area contributed by atoms with Crippen molar-refractivity contribution in [3.63, 3.8) is 0 Å². The zero-order chi connectivity index (χ0) is 18.8. The average molecular weight is 398 g/mol. The second-order valence-electron chi connectivity index (χ2n) is 6.60. The molecule has 1 aliphatic rings. The number of H-pyrrole nitrogens is 1. The topological polar surface area (TPSA) is 124 Å². The summed E-state index contributed by atoms with van der Waals surface area (Å²) in [5.41, 5.74) is 9.03. The minimum atomic E-state index is -0.271. The normalized spacial score (nSPS) is 16.3. The minimum absolute atomic E-state index is 0. The maximum absolute atomic E-state index is 12.6. The van der Waals surface area contributed by atoms with Crippen molar-refractivity contribution in [3.8, 4) is 6.07 Å². The number of amides is 1. The second kappa shape index (κ2) is 8.25. The first-order valence-electron chi connectivity index (χ1n) is 8.79. The van der Waals surface area contributed by atoms with Gasteiger partial charge in [0.25, 0.3) is 5.91 Å². The number of rotatable bonds is 3. The summed E-state index contributed by atoms with van der Waals surface area (Å²) < 4.78 is 0. The molecule has 0 aromatic carbocycles. The zero-order valence-corrected chi connectivity index (χ0v) is 15.9. The van der Waals surface area contributed by atoms with Crippen molar-refractivity contribution in [1.29, 1.82) is 5.26 Å². The molecule has 4 heterocycles. The summed E-state index contributed by atoms with van der Waals surface area (Å²) in [5, 5.41) is 13.2. The molecule has 0 unspecified atom stereocenters. The number of nitrogens with one attached hydrogen (secondary N) is 2. The third-order valence-corrected chi connectivity index (χ3v) is 4.74. The van der Waals surface area contributed by atoms with Crippen molar-refractivity contribution >= 4 is 40.7 Å². The first-order chi connectivity index (χ1) is 13.2. The quantitative estimate of drug-likeness (QED) is 0.623. The van der Waals surface area contributed by atoms with Crippen LogP contribution in [0.25, 0.3) is 11.0 Å². The van der Waals surface area contributed by atoms with Crippen molar-refractivity contribution < 1.29 is 4.79 Å². The molecule has 4 rings (SSSR count). The smallest absolute Gasteiger partial charge is 0.257 e. The van der Waals surface area contributed by atoms with E-state index in [2.05, 4.69) is 31.2 Å². The summed E-state index contributed by atoms with van der Waals surface area (Å²) in [6.07, 6.45) is 8.29. The highest BCUT2D eigenvalue weighted by molar-refractivity contribution is 6.11. The molecule has 1 amide bonds. The number of nitrogens with two attached hydrogens (primary N) is 1. The van der Waals surface area contributed by atoms with E-state index in [1.165, 1.54) is 6.20 Å². The van der Waals surface area contributed by atoms with Gasteiger partial charge in [-0.3, -0.25) is 9.78 Å². The Bertz CT molecular complexity index is 1030. The molecule has 1 saturated heterocycles. The Hall–Kier alpha value is -3.15.